The average molecular weight is 284 g/mol. The Kier molecular flexibility index (Phi) is 5.98. The molecular formula is C13H20N2O3S. The largest absolute Gasteiger partial charge is 0.465 e. The molecule has 0 radical (unpaired) electrons. The summed E-state index contributed by atoms with van der Waals surface area (Å²) < 4.78 is 4.70. The number of hydrogen-bond acceptors (Lipinski definition) is 5. The van der Waals surface area contributed by atoms with Gasteiger partial charge in [-0.15, -0.1) is 11.3 Å². The molecule has 1 aromatic heterocycles. The van der Waals surface area contributed by atoms with Gasteiger partial charge in [0, 0.05) is 0 Å². The van der Waals surface area contributed by atoms with Gasteiger partial charge in [0.25, 0.3) is 0 Å². The van der Waals surface area contributed by atoms with E-state index >= 15 is 0 Å². The first kappa shape index (κ1) is 15.7. The zero-order chi connectivity index (χ0) is 14.4. The molecule has 0 aromatic carbocycles. The highest BCUT2D eigenvalue weighted by molar-refractivity contribution is 7.12. The monoisotopic (exact) mass is 284 g/mol. The molecule has 1 rings (SSSR count). The molecule has 1 atom stereocenters. The van der Waals surface area contributed by atoms with Crippen molar-refractivity contribution in [2.45, 2.75) is 33.2 Å². The van der Waals surface area contributed by atoms with Crippen LogP contribution in [0.2, 0.25) is 0 Å². The number of thiophene rings is 1. The number of carbonyl (C=O) groups excluding carboxylic acids is 2. The Bertz CT molecular complexity index is 457. The van der Waals surface area contributed by atoms with Crippen molar-refractivity contribution in [3.63, 3.8) is 0 Å². The Morgan fingerprint density at radius 1 is 1.47 bits per heavy atom. The fourth-order valence-electron chi connectivity index (χ4n) is 1.53. The van der Waals surface area contributed by atoms with Gasteiger partial charge in [-0.2, -0.15) is 0 Å². The lowest BCUT2D eigenvalue weighted by Crippen LogP contribution is -2.38. The van der Waals surface area contributed by atoms with Crippen molar-refractivity contribution >= 4 is 28.9 Å². The highest BCUT2D eigenvalue weighted by Gasteiger charge is 2.20. The van der Waals surface area contributed by atoms with E-state index in [-0.39, 0.29) is 11.9 Å². The van der Waals surface area contributed by atoms with E-state index in [0.29, 0.717) is 10.6 Å². The van der Waals surface area contributed by atoms with Crippen LogP contribution in [-0.4, -0.2) is 31.6 Å². The Hall–Kier alpha value is -1.40. The van der Waals surface area contributed by atoms with Crippen LogP contribution in [0.4, 0.5) is 5.69 Å². The number of nitrogens with one attached hydrogen (secondary N) is 2. The van der Waals surface area contributed by atoms with Crippen LogP contribution in [-0.2, 0) is 9.53 Å². The molecule has 1 amide bonds. The molecule has 0 bridgehead atoms. The summed E-state index contributed by atoms with van der Waals surface area (Å²) in [5.74, 6) is -0.581. The van der Waals surface area contributed by atoms with Gasteiger partial charge in [0.05, 0.1) is 18.8 Å². The van der Waals surface area contributed by atoms with Crippen molar-refractivity contribution in [1.29, 1.82) is 0 Å². The SMILES string of the molecule is CCCN[C@H](C)C(=O)Nc1c(C)csc1C(=O)OC. The lowest BCUT2D eigenvalue weighted by atomic mass is 10.2. The predicted molar refractivity (Wildman–Crippen MR) is 76.8 cm³/mol. The number of hydrogen-bond donors (Lipinski definition) is 2. The normalized spacial score (nSPS) is 12.0. The van der Waals surface area contributed by atoms with Gasteiger partial charge in [-0.25, -0.2) is 4.79 Å². The van der Waals surface area contributed by atoms with Crippen LogP contribution >= 0.6 is 11.3 Å². The van der Waals surface area contributed by atoms with Gasteiger partial charge in [-0.1, -0.05) is 6.92 Å². The molecule has 1 aromatic rings. The third kappa shape index (κ3) is 4.04. The van der Waals surface area contributed by atoms with Crippen molar-refractivity contribution in [3.8, 4) is 0 Å². The second-order valence-corrected chi connectivity index (χ2v) is 5.16. The molecule has 0 aliphatic heterocycles. The van der Waals surface area contributed by atoms with Gasteiger partial charge in [0.15, 0.2) is 0 Å². The molecule has 19 heavy (non-hydrogen) atoms. The fraction of sp³-hybridized carbons (Fsp3) is 0.538. The number of carbonyl (C=O) groups is 2. The van der Waals surface area contributed by atoms with Crippen LogP contribution in [0.3, 0.4) is 0 Å². The number of amides is 1. The standard InChI is InChI=1S/C13H20N2O3S/c1-5-6-14-9(3)12(16)15-10-8(2)7-19-11(10)13(17)18-4/h7,9,14H,5-6H2,1-4H3,(H,15,16)/t9-/m1/s1. The van der Waals surface area contributed by atoms with E-state index in [9.17, 15) is 9.59 Å². The molecule has 0 aliphatic carbocycles. The zero-order valence-electron chi connectivity index (χ0n) is 11.7. The van der Waals surface area contributed by atoms with Crippen LogP contribution < -0.4 is 10.6 Å². The molecule has 0 aliphatic rings. The van der Waals surface area contributed by atoms with Crippen LogP contribution in [0, 0.1) is 6.92 Å². The summed E-state index contributed by atoms with van der Waals surface area (Å²) in [4.78, 5) is 24.0. The van der Waals surface area contributed by atoms with Gasteiger partial charge < -0.3 is 15.4 Å². The van der Waals surface area contributed by atoms with Gasteiger partial charge in [0.1, 0.15) is 4.88 Å². The maximum atomic E-state index is 12.0. The fourth-order valence-corrected chi connectivity index (χ4v) is 2.45. The molecule has 106 valence electrons. The second-order valence-electron chi connectivity index (χ2n) is 4.28. The molecule has 0 saturated carbocycles. The van der Waals surface area contributed by atoms with Gasteiger partial charge >= 0.3 is 5.97 Å². The lowest BCUT2D eigenvalue weighted by molar-refractivity contribution is -0.117. The summed E-state index contributed by atoms with van der Waals surface area (Å²) in [6.45, 7) is 6.46. The second kappa shape index (κ2) is 7.25. The number of rotatable bonds is 6. The molecular weight excluding hydrogens is 264 g/mol. The van der Waals surface area contributed by atoms with Gasteiger partial charge in [-0.3, -0.25) is 4.79 Å². The molecule has 5 nitrogen and oxygen atoms in total. The van der Waals surface area contributed by atoms with Crippen molar-refractivity contribution in [3.05, 3.63) is 15.8 Å². The number of ether oxygens (including phenoxy) is 1. The Morgan fingerprint density at radius 3 is 2.74 bits per heavy atom. The molecule has 1 heterocycles. The van der Waals surface area contributed by atoms with Crippen LogP contribution in [0.25, 0.3) is 0 Å². The summed E-state index contributed by atoms with van der Waals surface area (Å²) in [5, 5.41) is 7.72. The van der Waals surface area contributed by atoms with E-state index in [0.717, 1.165) is 18.5 Å². The van der Waals surface area contributed by atoms with E-state index in [4.69, 9.17) is 4.74 Å². The summed E-state index contributed by atoms with van der Waals surface area (Å²) in [5.41, 5.74) is 1.41. The molecule has 2 N–H and O–H groups in total. The van der Waals surface area contributed by atoms with Crippen LogP contribution in [0.1, 0.15) is 35.5 Å². The summed E-state index contributed by atoms with van der Waals surface area (Å²) >= 11 is 1.27. The van der Waals surface area contributed by atoms with Gasteiger partial charge in [0.2, 0.25) is 5.91 Å². The first-order valence-electron chi connectivity index (χ1n) is 6.21. The Labute approximate surface area is 117 Å². The molecule has 6 heteroatoms. The Balaban J connectivity index is 2.78. The minimum Gasteiger partial charge on any atom is -0.465 e. The van der Waals surface area contributed by atoms with Gasteiger partial charge in [-0.05, 0) is 37.8 Å². The minimum absolute atomic E-state index is 0.153. The molecule has 0 spiro atoms. The van der Waals surface area contributed by atoms with Crippen LogP contribution in [0.5, 0.6) is 0 Å². The first-order valence-corrected chi connectivity index (χ1v) is 7.09. The molecule has 0 unspecified atom stereocenters. The average Bonchev–Trinajstić information content (AvgIpc) is 2.76. The highest BCUT2D eigenvalue weighted by atomic mass is 32.1. The van der Waals surface area contributed by atoms with E-state index in [1.807, 2.05) is 19.2 Å². The third-order valence-electron chi connectivity index (χ3n) is 2.69. The summed E-state index contributed by atoms with van der Waals surface area (Å²) in [6.07, 6.45) is 0.961. The number of aryl methyl sites for hydroxylation is 1. The van der Waals surface area contributed by atoms with Crippen molar-refractivity contribution in [2.24, 2.45) is 0 Å². The maximum absolute atomic E-state index is 12.0. The predicted octanol–water partition coefficient (Wildman–Crippen LogP) is 2.17. The van der Waals surface area contributed by atoms with E-state index in [2.05, 4.69) is 10.6 Å². The van der Waals surface area contributed by atoms with Crippen LogP contribution in [0.15, 0.2) is 5.38 Å². The zero-order valence-corrected chi connectivity index (χ0v) is 12.5. The maximum Gasteiger partial charge on any atom is 0.350 e. The highest BCUT2D eigenvalue weighted by Crippen LogP contribution is 2.28. The quantitative estimate of drug-likeness (QED) is 0.786. The number of esters is 1. The van der Waals surface area contributed by atoms with E-state index in [1.165, 1.54) is 18.4 Å². The smallest absolute Gasteiger partial charge is 0.350 e. The summed E-state index contributed by atoms with van der Waals surface area (Å²) in [7, 11) is 1.33. The molecule has 0 fully saturated rings. The summed E-state index contributed by atoms with van der Waals surface area (Å²) in [6, 6.07) is -0.301. The number of methoxy groups -OCH3 is 1. The van der Waals surface area contributed by atoms with Crippen molar-refractivity contribution in [2.75, 3.05) is 19.0 Å². The van der Waals surface area contributed by atoms with E-state index < -0.39 is 5.97 Å². The lowest BCUT2D eigenvalue weighted by Gasteiger charge is -2.14. The first-order chi connectivity index (χ1) is 9.01. The van der Waals surface area contributed by atoms with Crippen molar-refractivity contribution in [1.82, 2.24) is 5.32 Å². The van der Waals surface area contributed by atoms with E-state index in [1.54, 1.807) is 6.92 Å². The topological polar surface area (TPSA) is 67.4 Å². The third-order valence-corrected chi connectivity index (χ3v) is 3.77. The van der Waals surface area contributed by atoms with Crippen molar-refractivity contribution < 1.29 is 14.3 Å². The number of anilines is 1. The molecule has 0 saturated heterocycles. The Morgan fingerprint density at radius 2 is 2.16 bits per heavy atom. The minimum atomic E-state index is -0.428.